The van der Waals surface area contributed by atoms with E-state index in [1.165, 1.54) is 0 Å². The van der Waals surface area contributed by atoms with Crippen molar-refractivity contribution >= 4 is 29.2 Å². The first-order chi connectivity index (χ1) is 9.63. The van der Waals surface area contributed by atoms with Gasteiger partial charge in [0.05, 0.1) is 18.7 Å². The van der Waals surface area contributed by atoms with Crippen molar-refractivity contribution < 1.29 is 4.74 Å². The van der Waals surface area contributed by atoms with Crippen LogP contribution < -0.4 is 10.1 Å². The fourth-order valence-corrected chi connectivity index (χ4v) is 2.37. The third-order valence-corrected chi connectivity index (χ3v) is 3.10. The van der Waals surface area contributed by atoms with Crippen LogP contribution in [0, 0.1) is 0 Å². The summed E-state index contributed by atoms with van der Waals surface area (Å²) in [5.74, 6) is 1.04. The van der Waals surface area contributed by atoms with Gasteiger partial charge in [-0.05, 0) is 23.8 Å². The molecule has 1 N–H and O–H groups in total. The van der Waals surface area contributed by atoms with Crippen LogP contribution in [0.25, 0.3) is 0 Å². The van der Waals surface area contributed by atoms with Crippen molar-refractivity contribution in [2.24, 2.45) is 0 Å². The molecule has 108 valence electrons. The lowest BCUT2D eigenvalue weighted by atomic mass is 10.2. The third-order valence-electron chi connectivity index (χ3n) is 2.60. The Morgan fingerprint density at radius 3 is 2.85 bits per heavy atom. The highest BCUT2D eigenvalue weighted by Gasteiger charge is 2.10. The number of nitrogens with zero attached hydrogens (tertiary/aromatic N) is 4. The highest BCUT2D eigenvalue weighted by Crippen LogP contribution is 2.32. The van der Waals surface area contributed by atoms with E-state index in [2.05, 4.69) is 27.7 Å². The van der Waals surface area contributed by atoms with Crippen LogP contribution in [-0.4, -0.2) is 27.3 Å². The number of hydrogen-bond donors (Lipinski definition) is 1. The predicted molar refractivity (Wildman–Crippen MR) is 78.4 cm³/mol. The molecule has 0 saturated carbocycles. The van der Waals surface area contributed by atoms with E-state index in [9.17, 15) is 0 Å². The maximum Gasteiger partial charge on any atom is 0.263 e. The van der Waals surface area contributed by atoms with Crippen molar-refractivity contribution in [3.8, 4) is 5.75 Å². The molecule has 8 heteroatoms. The Morgan fingerprint density at radius 2 is 2.15 bits per heavy atom. The molecule has 1 aromatic heterocycles. The van der Waals surface area contributed by atoms with Gasteiger partial charge in [-0.15, -0.1) is 5.10 Å². The van der Waals surface area contributed by atoms with Crippen LogP contribution in [0.2, 0.25) is 10.0 Å². The quantitative estimate of drug-likeness (QED) is 0.887. The molecule has 0 fully saturated rings. The predicted octanol–water partition coefficient (Wildman–Crippen LogP) is 3.01. The molecule has 0 unspecified atom stereocenters. The molecule has 2 aromatic rings. The summed E-state index contributed by atoms with van der Waals surface area (Å²) in [5.41, 5.74) is 0.830. The number of hydrogen-bond acceptors (Lipinski definition) is 5. The second-order valence-electron chi connectivity index (χ2n) is 4.14. The summed E-state index contributed by atoms with van der Waals surface area (Å²) >= 11 is 12.1. The van der Waals surface area contributed by atoms with Gasteiger partial charge < -0.3 is 10.1 Å². The van der Waals surface area contributed by atoms with Crippen molar-refractivity contribution in [2.75, 3.05) is 12.4 Å². The lowest BCUT2D eigenvalue weighted by Crippen LogP contribution is -2.05. The normalized spacial score (nSPS) is 10.6. The standard InChI is InChI=1S/C12H15Cl2N5O/c1-3-4-19-17-12(16-18-19)15-7-8-5-9(13)6-10(14)11(8)20-2/h5-6H,3-4,7H2,1-2H3,(H,15,17). The van der Waals surface area contributed by atoms with Crippen LogP contribution in [0.1, 0.15) is 18.9 Å². The fourth-order valence-electron chi connectivity index (χ4n) is 1.76. The Morgan fingerprint density at radius 1 is 1.35 bits per heavy atom. The van der Waals surface area contributed by atoms with Gasteiger partial charge in [0.25, 0.3) is 5.95 Å². The number of tetrazole rings is 1. The molecule has 0 aliphatic rings. The third kappa shape index (κ3) is 3.52. The summed E-state index contributed by atoms with van der Waals surface area (Å²) in [5, 5.41) is 16.1. The van der Waals surface area contributed by atoms with Crippen LogP contribution in [0.5, 0.6) is 5.75 Å². The maximum absolute atomic E-state index is 6.08. The Bertz CT molecular complexity index is 587. The second kappa shape index (κ2) is 6.76. The van der Waals surface area contributed by atoms with Gasteiger partial charge in [0, 0.05) is 17.1 Å². The van der Waals surface area contributed by atoms with Gasteiger partial charge >= 0.3 is 0 Å². The summed E-state index contributed by atoms with van der Waals surface area (Å²) in [4.78, 5) is 1.55. The van der Waals surface area contributed by atoms with E-state index >= 15 is 0 Å². The molecule has 1 aromatic carbocycles. The van der Waals surface area contributed by atoms with Crippen LogP contribution in [0.4, 0.5) is 5.95 Å². The molecule has 0 saturated heterocycles. The number of halogens is 2. The fraction of sp³-hybridized carbons (Fsp3) is 0.417. The van der Waals surface area contributed by atoms with Gasteiger partial charge in [-0.25, -0.2) is 0 Å². The number of benzene rings is 1. The van der Waals surface area contributed by atoms with Crippen molar-refractivity contribution in [1.29, 1.82) is 0 Å². The van der Waals surface area contributed by atoms with Crippen molar-refractivity contribution in [1.82, 2.24) is 20.2 Å². The van der Waals surface area contributed by atoms with Crippen molar-refractivity contribution in [2.45, 2.75) is 26.4 Å². The van der Waals surface area contributed by atoms with Gasteiger partial charge in [-0.3, -0.25) is 0 Å². The van der Waals surface area contributed by atoms with Crippen LogP contribution in [0.3, 0.4) is 0 Å². The second-order valence-corrected chi connectivity index (χ2v) is 4.99. The van der Waals surface area contributed by atoms with Crippen molar-refractivity contribution in [3.05, 3.63) is 27.7 Å². The van der Waals surface area contributed by atoms with Gasteiger partial charge in [0.1, 0.15) is 5.75 Å². The first-order valence-corrected chi connectivity index (χ1v) is 6.93. The zero-order valence-corrected chi connectivity index (χ0v) is 12.7. The van der Waals surface area contributed by atoms with Crippen LogP contribution in [-0.2, 0) is 13.1 Å². The lowest BCUT2D eigenvalue weighted by Gasteiger charge is -2.11. The van der Waals surface area contributed by atoms with Gasteiger partial charge in [0.2, 0.25) is 0 Å². The molecule has 20 heavy (non-hydrogen) atoms. The number of rotatable bonds is 6. The minimum absolute atomic E-state index is 0.446. The smallest absolute Gasteiger partial charge is 0.263 e. The average molecular weight is 316 g/mol. The summed E-state index contributed by atoms with van der Waals surface area (Å²) < 4.78 is 5.27. The molecule has 0 bridgehead atoms. The molecule has 0 amide bonds. The molecule has 2 rings (SSSR count). The van der Waals surface area contributed by atoms with E-state index in [-0.39, 0.29) is 0 Å². The Labute approximate surface area is 127 Å². The molecule has 6 nitrogen and oxygen atoms in total. The maximum atomic E-state index is 6.08. The van der Waals surface area contributed by atoms with E-state index in [1.807, 2.05) is 0 Å². The first kappa shape index (κ1) is 14.9. The number of ether oxygens (including phenoxy) is 1. The molecule has 0 aliphatic heterocycles. The van der Waals surface area contributed by atoms with E-state index in [0.717, 1.165) is 18.5 Å². The zero-order valence-electron chi connectivity index (χ0n) is 11.2. The summed E-state index contributed by atoms with van der Waals surface area (Å²) in [6.45, 7) is 3.23. The average Bonchev–Trinajstić information content (AvgIpc) is 2.84. The summed E-state index contributed by atoms with van der Waals surface area (Å²) in [7, 11) is 1.56. The molecule has 0 aliphatic carbocycles. The molecular weight excluding hydrogens is 301 g/mol. The van der Waals surface area contributed by atoms with Gasteiger partial charge in [0.15, 0.2) is 0 Å². The molecule has 0 atom stereocenters. The van der Waals surface area contributed by atoms with E-state index < -0.39 is 0 Å². The van der Waals surface area contributed by atoms with E-state index in [0.29, 0.717) is 28.3 Å². The Balaban J connectivity index is 2.09. The summed E-state index contributed by atoms with van der Waals surface area (Å²) in [6.07, 6.45) is 0.952. The number of methoxy groups -OCH3 is 1. The number of aromatic nitrogens is 4. The van der Waals surface area contributed by atoms with Crippen LogP contribution >= 0.6 is 23.2 Å². The lowest BCUT2D eigenvalue weighted by molar-refractivity contribution is 0.410. The molecule has 0 radical (unpaired) electrons. The minimum Gasteiger partial charge on any atom is -0.495 e. The van der Waals surface area contributed by atoms with Gasteiger partial charge in [-0.1, -0.05) is 35.2 Å². The monoisotopic (exact) mass is 315 g/mol. The molecule has 0 spiro atoms. The SMILES string of the molecule is CCCn1nnc(NCc2cc(Cl)cc(Cl)c2OC)n1. The Hall–Kier alpha value is -1.53. The molecule has 1 heterocycles. The van der Waals surface area contributed by atoms with E-state index in [1.54, 1.807) is 24.0 Å². The summed E-state index contributed by atoms with van der Waals surface area (Å²) in [6, 6.07) is 3.43. The number of anilines is 1. The highest BCUT2D eigenvalue weighted by atomic mass is 35.5. The van der Waals surface area contributed by atoms with Gasteiger partial charge in [-0.2, -0.15) is 4.80 Å². The zero-order chi connectivity index (χ0) is 14.5. The number of nitrogens with one attached hydrogen (secondary N) is 1. The Kier molecular flexibility index (Phi) is 5.03. The molecular formula is C12H15Cl2N5O. The highest BCUT2D eigenvalue weighted by molar-refractivity contribution is 6.35. The topological polar surface area (TPSA) is 64.9 Å². The first-order valence-electron chi connectivity index (χ1n) is 6.17. The van der Waals surface area contributed by atoms with E-state index in [4.69, 9.17) is 27.9 Å². The minimum atomic E-state index is 0.446. The van der Waals surface area contributed by atoms with Crippen molar-refractivity contribution in [3.63, 3.8) is 0 Å². The van der Waals surface area contributed by atoms with Crippen LogP contribution in [0.15, 0.2) is 12.1 Å². The number of aryl methyl sites for hydroxylation is 1. The largest absolute Gasteiger partial charge is 0.495 e.